The summed E-state index contributed by atoms with van der Waals surface area (Å²) in [4.78, 5) is 28.7. The van der Waals surface area contributed by atoms with E-state index in [-0.39, 0.29) is 22.7 Å². The normalized spacial score (nSPS) is 24.0. The van der Waals surface area contributed by atoms with Gasteiger partial charge in [-0.2, -0.15) is 0 Å². The Bertz CT molecular complexity index is 472. The summed E-state index contributed by atoms with van der Waals surface area (Å²) in [6, 6.07) is 0.184. The number of rotatable bonds is 2. The number of likely N-dealkylation sites (tertiary alicyclic amines) is 1. The van der Waals surface area contributed by atoms with Gasteiger partial charge >= 0.3 is 5.97 Å². The number of piperidine rings is 1. The lowest BCUT2D eigenvalue weighted by Crippen LogP contribution is -2.46. The van der Waals surface area contributed by atoms with Gasteiger partial charge in [0.25, 0.3) is 5.91 Å². The average Bonchev–Trinajstić information content (AvgIpc) is 2.81. The van der Waals surface area contributed by atoms with Gasteiger partial charge in [-0.05, 0) is 25.7 Å². The molecule has 6 heteroatoms. The number of hydrogen-bond donors (Lipinski definition) is 1. The van der Waals surface area contributed by atoms with E-state index >= 15 is 0 Å². The van der Waals surface area contributed by atoms with Gasteiger partial charge in [0.05, 0.1) is 0 Å². The van der Waals surface area contributed by atoms with Gasteiger partial charge in [-0.3, -0.25) is 4.79 Å². The molecule has 2 heterocycles. The first-order valence-corrected chi connectivity index (χ1v) is 6.88. The summed E-state index contributed by atoms with van der Waals surface area (Å²) >= 11 is 1.10. The third-order valence-corrected chi connectivity index (χ3v) is 4.37. The molecule has 1 N–H and O–H groups in total. The summed E-state index contributed by atoms with van der Waals surface area (Å²) in [5.41, 5.74) is -0.0546. The molecule has 0 aliphatic carbocycles. The summed E-state index contributed by atoms with van der Waals surface area (Å²) in [6.45, 7) is 4.90. The van der Waals surface area contributed by atoms with Crippen molar-refractivity contribution in [3.63, 3.8) is 0 Å². The Hall–Kier alpha value is -1.43. The monoisotopic (exact) mass is 268 g/mol. The van der Waals surface area contributed by atoms with Gasteiger partial charge < -0.3 is 10.0 Å². The number of aromatic nitrogens is 1. The molecule has 0 spiro atoms. The first-order valence-electron chi connectivity index (χ1n) is 6.00. The average molecular weight is 268 g/mol. The van der Waals surface area contributed by atoms with Gasteiger partial charge in [0.1, 0.15) is 0 Å². The Labute approximate surface area is 109 Å². The zero-order chi connectivity index (χ0) is 13.3. The lowest BCUT2D eigenvalue weighted by Gasteiger charge is -2.37. The molecule has 0 bridgehead atoms. The second kappa shape index (κ2) is 5.06. The van der Waals surface area contributed by atoms with Crippen LogP contribution in [0, 0.1) is 5.92 Å². The van der Waals surface area contributed by atoms with Crippen molar-refractivity contribution in [1.82, 2.24) is 9.88 Å². The second-order valence-electron chi connectivity index (χ2n) is 4.70. The first kappa shape index (κ1) is 13.0. The molecule has 1 fully saturated rings. The van der Waals surface area contributed by atoms with Gasteiger partial charge in [-0.1, -0.05) is 6.92 Å². The Kier molecular flexibility index (Phi) is 3.65. The van der Waals surface area contributed by atoms with E-state index in [9.17, 15) is 9.59 Å². The fraction of sp³-hybridized carbons (Fsp3) is 0.583. The zero-order valence-electron chi connectivity index (χ0n) is 10.4. The van der Waals surface area contributed by atoms with Crippen LogP contribution in [0.2, 0.25) is 0 Å². The van der Waals surface area contributed by atoms with E-state index in [1.165, 1.54) is 5.38 Å². The Morgan fingerprint density at radius 3 is 2.83 bits per heavy atom. The van der Waals surface area contributed by atoms with Crippen molar-refractivity contribution < 1.29 is 14.7 Å². The molecule has 1 aromatic heterocycles. The molecule has 5 nitrogen and oxygen atoms in total. The number of hydrogen-bond acceptors (Lipinski definition) is 4. The maximum atomic E-state index is 12.3. The number of carbonyl (C=O) groups excluding carboxylic acids is 1. The van der Waals surface area contributed by atoms with Crippen LogP contribution in [0.1, 0.15) is 47.0 Å². The van der Waals surface area contributed by atoms with Crippen LogP contribution < -0.4 is 0 Å². The van der Waals surface area contributed by atoms with E-state index in [0.29, 0.717) is 5.92 Å². The number of carboxylic acid groups (broad SMARTS) is 1. The zero-order valence-corrected chi connectivity index (χ0v) is 11.2. The van der Waals surface area contributed by atoms with Crippen molar-refractivity contribution in [2.45, 2.75) is 32.7 Å². The van der Waals surface area contributed by atoms with Gasteiger partial charge in [0.2, 0.25) is 0 Å². The highest BCUT2D eigenvalue weighted by Crippen LogP contribution is 2.25. The summed E-state index contributed by atoms with van der Waals surface area (Å²) in [5, 5.41) is 10.5. The van der Waals surface area contributed by atoms with Crippen LogP contribution in [0.3, 0.4) is 0 Å². The number of thiazole rings is 1. The van der Waals surface area contributed by atoms with Crippen LogP contribution in [-0.4, -0.2) is 39.5 Å². The fourth-order valence-corrected chi connectivity index (χ4v) is 2.96. The van der Waals surface area contributed by atoms with Crippen LogP contribution >= 0.6 is 11.3 Å². The molecule has 2 atom stereocenters. The number of nitrogens with zero attached hydrogens (tertiary/aromatic N) is 2. The molecule has 18 heavy (non-hydrogen) atoms. The van der Waals surface area contributed by atoms with Crippen molar-refractivity contribution >= 4 is 23.2 Å². The lowest BCUT2D eigenvalue weighted by atomic mass is 9.92. The SMILES string of the molecule is CC1CCCN(C(=O)c2nc(C(=O)O)cs2)C1C. The molecule has 2 rings (SSSR count). The molecular formula is C12H16N2O3S. The predicted molar refractivity (Wildman–Crippen MR) is 68.0 cm³/mol. The molecule has 1 aliphatic heterocycles. The van der Waals surface area contributed by atoms with Crippen molar-refractivity contribution in [3.8, 4) is 0 Å². The minimum Gasteiger partial charge on any atom is -0.476 e. The van der Waals surface area contributed by atoms with Crippen LogP contribution in [0.4, 0.5) is 0 Å². The highest BCUT2D eigenvalue weighted by Gasteiger charge is 2.30. The fourth-order valence-electron chi connectivity index (χ4n) is 2.22. The van der Waals surface area contributed by atoms with Gasteiger partial charge in [-0.15, -0.1) is 11.3 Å². The van der Waals surface area contributed by atoms with Gasteiger partial charge in [-0.25, -0.2) is 9.78 Å². The van der Waals surface area contributed by atoms with E-state index in [0.717, 1.165) is 30.7 Å². The second-order valence-corrected chi connectivity index (χ2v) is 5.56. The summed E-state index contributed by atoms with van der Waals surface area (Å²) in [5.74, 6) is -0.765. The molecule has 0 aromatic carbocycles. The summed E-state index contributed by atoms with van der Waals surface area (Å²) in [6.07, 6.45) is 2.12. The Morgan fingerprint density at radius 1 is 1.50 bits per heavy atom. The number of carboxylic acids is 1. The highest BCUT2D eigenvalue weighted by molar-refractivity contribution is 7.11. The third-order valence-electron chi connectivity index (χ3n) is 3.54. The van der Waals surface area contributed by atoms with E-state index in [4.69, 9.17) is 5.11 Å². The van der Waals surface area contributed by atoms with Crippen LogP contribution in [0.5, 0.6) is 0 Å². The maximum absolute atomic E-state index is 12.3. The molecular weight excluding hydrogens is 252 g/mol. The number of carbonyl (C=O) groups is 2. The molecule has 0 radical (unpaired) electrons. The summed E-state index contributed by atoms with van der Waals surface area (Å²) in [7, 11) is 0. The van der Waals surface area contributed by atoms with Crippen molar-refractivity contribution in [2.75, 3.05) is 6.54 Å². The molecule has 1 saturated heterocycles. The molecule has 1 amide bonds. The first-order chi connectivity index (χ1) is 8.50. The Morgan fingerprint density at radius 2 is 2.22 bits per heavy atom. The van der Waals surface area contributed by atoms with Crippen LogP contribution in [0.25, 0.3) is 0 Å². The van der Waals surface area contributed by atoms with Crippen molar-refractivity contribution in [1.29, 1.82) is 0 Å². The van der Waals surface area contributed by atoms with Crippen LogP contribution in [-0.2, 0) is 0 Å². The molecule has 2 unspecified atom stereocenters. The van der Waals surface area contributed by atoms with E-state index < -0.39 is 5.97 Å². The van der Waals surface area contributed by atoms with E-state index in [1.54, 1.807) is 4.90 Å². The molecule has 98 valence electrons. The minimum atomic E-state index is -1.09. The highest BCUT2D eigenvalue weighted by atomic mass is 32.1. The largest absolute Gasteiger partial charge is 0.476 e. The van der Waals surface area contributed by atoms with E-state index in [2.05, 4.69) is 11.9 Å². The Balaban J connectivity index is 2.17. The molecule has 1 aliphatic rings. The van der Waals surface area contributed by atoms with Crippen molar-refractivity contribution in [2.24, 2.45) is 5.92 Å². The number of aromatic carboxylic acids is 1. The standard InChI is InChI=1S/C12H16N2O3S/c1-7-4-3-5-14(8(7)2)11(15)10-13-9(6-18-10)12(16)17/h6-8H,3-5H2,1-2H3,(H,16,17). The van der Waals surface area contributed by atoms with Crippen molar-refractivity contribution in [3.05, 3.63) is 16.1 Å². The quantitative estimate of drug-likeness (QED) is 0.891. The van der Waals surface area contributed by atoms with E-state index in [1.807, 2.05) is 6.92 Å². The number of amides is 1. The van der Waals surface area contributed by atoms with Gasteiger partial charge in [0.15, 0.2) is 10.7 Å². The smallest absolute Gasteiger partial charge is 0.355 e. The molecule has 0 saturated carbocycles. The lowest BCUT2D eigenvalue weighted by molar-refractivity contribution is 0.0550. The van der Waals surface area contributed by atoms with Gasteiger partial charge in [0, 0.05) is 18.0 Å². The maximum Gasteiger partial charge on any atom is 0.355 e. The summed E-state index contributed by atoms with van der Waals surface area (Å²) < 4.78 is 0. The topological polar surface area (TPSA) is 70.5 Å². The molecule has 1 aromatic rings. The predicted octanol–water partition coefficient (Wildman–Crippen LogP) is 2.10. The minimum absolute atomic E-state index is 0.0546. The third kappa shape index (κ3) is 2.38. The van der Waals surface area contributed by atoms with Crippen LogP contribution in [0.15, 0.2) is 5.38 Å².